The number of nitrogens with zero attached hydrogens (tertiary/aromatic N) is 5. The molecule has 0 fully saturated rings. The zero-order valence-corrected chi connectivity index (χ0v) is 11.6. The van der Waals surface area contributed by atoms with Gasteiger partial charge in [-0.25, -0.2) is 4.68 Å². The van der Waals surface area contributed by atoms with Crippen LogP contribution in [0.25, 0.3) is 5.95 Å². The van der Waals surface area contributed by atoms with E-state index in [1.807, 2.05) is 20.8 Å². The second-order valence-electron chi connectivity index (χ2n) is 4.12. The summed E-state index contributed by atoms with van der Waals surface area (Å²) in [5.41, 5.74) is 8.84. The molecule has 0 aliphatic heterocycles. The molecule has 2 heterocycles. The highest BCUT2D eigenvalue weighted by molar-refractivity contribution is 5.32. The molecule has 0 saturated carbocycles. The average molecular weight is 262 g/mol. The van der Waals surface area contributed by atoms with Gasteiger partial charge in [0.2, 0.25) is 5.95 Å². The van der Waals surface area contributed by atoms with Crippen LogP contribution in [0.1, 0.15) is 30.8 Å². The third-order valence-electron chi connectivity index (χ3n) is 2.88. The van der Waals surface area contributed by atoms with Crippen LogP contribution in [0.15, 0.2) is 0 Å². The number of anilines is 1. The zero-order valence-electron chi connectivity index (χ0n) is 11.6. The fourth-order valence-corrected chi connectivity index (χ4v) is 2.03. The minimum atomic E-state index is 0.124. The summed E-state index contributed by atoms with van der Waals surface area (Å²) < 4.78 is 6.94. The molecule has 7 nitrogen and oxygen atoms in total. The van der Waals surface area contributed by atoms with Gasteiger partial charge >= 0.3 is 6.01 Å². The van der Waals surface area contributed by atoms with E-state index in [2.05, 4.69) is 27.0 Å². The van der Waals surface area contributed by atoms with E-state index in [0.717, 1.165) is 17.8 Å². The fourth-order valence-electron chi connectivity index (χ4n) is 2.03. The molecule has 0 unspecified atom stereocenters. The molecule has 2 N–H and O–H groups in total. The van der Waals surface area contributed by atoms with Crippen molar-refractivity contribution >= 4 is 5.95 Å². The Hall–Kier alpha value is -2.18. The van der Waals surface area contributed by atoms with Gasteiger partial charge in [0.1, 0.15) is 0 Å². The third kappa shape index (κ3) is 2.49. The van der Waals surface area contributed by atoms with Gasteiger partial charge in [0, 0.05) is 5.69 Å². The first-order chi connectivity index (χ1) is 9.06. The average Bonchev–Trinajstić information content (AvgIpc) is 2.64. The maximum Gasteiger partial charge on any atom is 0.323 e. The van der Waals surface area contributed by atoms with Gasteiger partial charge in [-0.2, -0.15) is 20.1 Å². The van der Waals surface area contributed by atoms with Crippen LogP contribution in [0.4, 0.5) is 5.95 Å². The smallest absolute Gasteiger partial charge is 0.323 e. The van der Waals surface area contributed by atoms with Crippen molar-refractivity contribution in [3.05, 3.63) is 17.0 Å². The van der Waals surface area contributed by atoms with E-state index in [1.54, 1.807) is 4.68 Å². The van der Waals surface area contributed by atoms with Crippen molar-refractivity contribution in [3.63, 3.8) is 0 Å². The zero-order chi connectivity index (χ0) is 14.0. The van der Waals surface area contributed by atoms with Crippen LogP contribution in [0, 0.1) is 13.8 Å². The molecule has 19 heavy (non-hydrogen) atoms. The Bertz CT molecular complexity index is 592. The number of aromatic nitrogens is 5. The minimum absolute atomic E-state index is 0.124. The third-order valence-corrected chi connectivity index (χ3v) is 2.88. The molecule has 102 valence electrons. The van der Waals surface area contributed by atoms with E-state index in [1.165, 1.54) is 5.56 Å². The molecule has 7 heteroatoms. The summed E-state index contributed by atoms with van der Waals surface area (Å²) in [6, 6.07) is 0.218. The van der Waals surface area contributed by atoms with Crippen LogP contribution in [0.5, 0.6) is 6.01 Å². The Kier molecular flexibility index (Phi) is 3.64. The second kappa shape index (κ2) is 5.21. The summed E-state index contributed by atoms with van der Waals surface area (Å²) in [5, 5.41) is 4.45. The Morgan fingerprint density at radius 3 is 2.47 bits per heavy atom. The van der Waals surface area contributed by atoms with Crippen molar-refractivity contribution in [1.29, 1.82) is 0 Å². The fraction of sp³-hybridized carbons (Fsp3) is 0.500. The number of nitrogen functional groups attached to an aromatic ring is 1. The molecule has 0 aliphatic carbocycles. The molecule has 0 saturated heterocycles. The summed E-state index contributed by atoms with van der Waals surface area (Å²) >= 11 is 0. The molecule has 2 aromatic rings. The Morgan fingerprint density at radius 2 is 1.89 bits per heavy atom. The van der Waals surface area contributed by atoms with Gasteiger partial charge in [-0.05, 0) is 32.8 Å². The van der Waals surface area contributed by atoms with Crippen LogP contribution < -0.4 is 10.5 Å². The number of hydrogen-bond donors (Lipinski definition) is 1. The Balaban J connectivity index is 2.52. The lowest BCUT2D eigenvalue weighted by Crippen LogP contribution is -2.11. The van der Waals surface area contributed by atoms with E-state index >= 15 is 0 Å². The van der Waals surface area contributed by atoms with E-state index in [0.29, 0.717) is 12.6 Å². The molecule has 0 atom stereocenters. The van der Waals surface area contributed by atoms with Gasteiger partial charge in [0.25, 0.3) is 5.95 Å². The molecule has 0 amide bonds. The van der Waals surface area contributed by atoms with Crippen molar-refractivity contribution in [3.8, 4) is 12.0 Å². The quantitative estimate of drug-likeness (QED) is 0.890. The first-order valence-corrected chi connectivity index (χ1v) is 6.26. The van der Waals surface area contributed by atoms with Gasteiger partial charge in [0.15, 0.2) is 0 Å². The second-order valence-corrected chi connectivity index (χ2v) is 4.12. The van der Waals surface area contributed by atoms with E-state index in [9.17, 15) is 0 Å². The van der Waals surface area contributed by atoms with E-state index in [-0.39, 0.29) is 12.0 Å². The Labute approximate surface area is 111 Å². The van der Waals surface area contributed by atoms with Crippen LogP contribution in [-0.4, -0.2) is 31.3 Å². The van der Waals surface area contributed by atoms with Gasteiger partial charge in [-0.3, -0.25) is 0 Å². The number of hydrogen-bond acceptors (Lipinski definition) is 6. The molecular weight excluding hydrogens is 244 g/mol. The molecule has 0 bridgehead atoms. The topological polar surface area (TPSA) is 91.7 Å². The maximum atomic E-state index is 5.67. The van der Waals surface area contributed by atoms with Gasteiger partial charge in [-0.1, -0.05) is 6.92 Å². The lowest BCUT2D eigenvalue weighted by atomic mass is 10.1. The van der Waals surface area contributed by atoms with Gasteiger partial charge in [-0.15, -0.1) is 0 Å². The predicted molar refractivity (Wildman–Crippen MR) is 71.4 cm³/mol. The molecule has 2 rings (SSSR count). The summed E-state index contributed by atoms with van der Waals surface area (Å²) in [5.74, 6) is 0.510. The summed E-state index contributed by atoms with van der Waals surface area (Å²) in [7, 11) is 0. The lowest BCUT2D eigenvalue weighted by Gasteiger charge is -2.06. The molecule has 2 aromatic heterocycles. The Morgan fingerprint density at radius 1 is 1.16 bits per heavy atom. The summed E-state index contributed by atoms with van der Waals surface area (Å²) in [6.07, 6.45) is 0.913. The van der Waals surface area contributed by atoms with Crippen LogP contribution in [0.3, 0.4) is 0 Å². The van der Waals surface area contributed by atoms with Crippen molar-refractivity contribution in [2.24, 2.45) is 0 Å². The van der Waals surface area contributed by atoms with Crippen molar-refractivity contribution in [2.45, 2.75) is 34.1 Å². The highest BCUT2D eigenvalue weighted by Gasteiger charge is 2.15. The molecule has 0 aliphatic rings. The highest BCUT2D eigenvalue weighted by atomic mass is 16.5. The highest BCUT2D eigenvalue weighted by Crippen LogP contribution is 2.17. The predicted octanol–water partition coefficient (Wildman–Crippen LogP) is 1.22. The normalized spacial score (nSPS) is 10.7. The molecule has 0 aromatic carbocycles. The minimum Gasteiger partial charge on any atom is -0.464 e. The summed E-state index contributed by atoms with van der Waals surface area (Å²) in [4.78, 5) is 12.3. The van der Waals surface area contributed by atoms with Crippen molar-refractivity contribution < 1.29 is 4.74 Å². The van der Waals surface area contributed by atoms with E-state index < -0.39 is 0 Å². The van der Waals surface area contributed by atoms with Crippen LogP contribution >= 0.6 is 0 Å². The molecule has 0 radical (unpaired) electrons. The van der Waals surface area contributed by atoms with E-state index in [4.69, 9.17) is 10.5 Å². The number of nitrogens with two attached hydrogens (primary N) is 1. The van der Waals surface area contributed by atoms with Crippen molar-refractivity contribution in [1.82, 2.24) is 24.7 Å². The van der Waals surface area contributed by atoms with Gasteiger partial charge < -0.3 is 10.5 Å². The number of ether oxygens (including phenoxy) is 1. The monoisotopic (exact) mass is 262 g/mol. The van der Waals surface area contributed by atoms with Crippen LogP contribution in [-0.2, 0) is 6.42 Å². The summed E-state index contributed by atoms with van der Waals surface area (Å²) in [6.45, 7) is 8.38. The number of aryl methyl sites for hydroxylation is 1. The van der Waals surface area contributed by atoms with Gasteiger partial charge in [0.05, 0.1) is 12.3 Å². The standard InChI is InChI=1S/C12H18N6O/c1-5-9-7(3)17-18(8(9)4)11-14-10(13)15-12(16-11)19-6-2/h5-6H2,1-4H3,(H2,13,14,15,16). The first-order valence-electron chi connectivity index (χ1n) is 6.26. The molecular formula is C12H18N6O. The largest absolute Gasteiger partial charge is 0.464 e. The maximum absolute atomic E-state index is 5.67. The molecule has 0 spiro atoms. The lowest BCUT2D eigenvalue weighted by molar-refractivity contribution is 0.311. The number of rotatable bonds is 4. The SMILES string of the molecule is CCOc1nc(N)nc(-n2nc(C)c(CC)c2C)n1. The first kappa shape index (κ1) is 13.3. The van der Waals surface area contributed by atoms with Crippen molar-refractivity contribution in [2.75, 3.05) is 12.3 Å². The van der Waals surface area contributed by atoms with Crippen LogP contribution in [0.2, 0.25) is 0 Å².